The van der Waals surface area contributed by atoms with E-state index >= 15 is 0 Å². The van der Waals surface area contributed by atoms with E-state index in [2.05, 4.69) is 39.3 Å². The molecule has 0 aromatic carbocycles. The number of aliphatic hydroxyl groups excluding tert-OH is 2. The topological polar surface area (TPSA) is 133 Å². The van der Waals surface area contributed by atoms with Crippen LogP contribution in [0, 0.1) is 0 Å². The van der Waals surface area contributed by atoms with Crippen molar-refractivity contribution in [2.45, 2.75) is 66.2 Å². The Morgan fingerprint density at radius 2 is 1.34 bits per heavy atom. The quantitative estimate of drug-likeness (QED) is 0.267. The molecule has 2 amide bonds. The van der Waals surface area contributed by atoms with Crippen LogP contribution in [0.2, 0.25) is 0 Å². The van der Waals surface area contributed by atoms with Crippen molar-refractivity contribution in [1.82, 2.24) is 20.6 Å². The minimum atomic E-state index is -0.611. The monoisotopic (exact) mass is 423 g/mol. The number of hydrogen-bond acceptors (Lipinski definition) is 8. The molecule has 0 heterocycles. The Kier molecular flexibility index (Phi) is 18.5. The molecule has 2 unspecified atom stereocenters. The van der Waals surface area contributed by atoms with Crippen molar-refractivity contribution in [3.05, 3.63) is 0 Å². The lowest BCUT2D eigenvalue weighted by molar-refractivity contribution is -0.0154. The molecule has 0 bridgehead atoms. The van der Waals surface area contributed by atoms with Gasteiger partial charge in [-0.25, -0.2) is 16.2 Å². The maximum absolute atomic E-state index is 11.3. The second kappa shape index (κ2) is 17.8. The number of carbonyl (C=O) groups excluding carboxylic acids is 1. The first-order chi connectivity index (χ1) is 13.5. The van der Waals surface area contributed by atoms with Gasteiger partial charge in [-0.05, 0) is 47.0 Å². The number of amides is 2. The van der Waals surface area contributed by atoms with Crippen LogP contribution < -0.4 is 16.7 Å². The lowest BCUT2D eigenvalue weighted by Gasteiger charge is -2.23. The summed E-state index contributed by atoms with van der Waals surface area (Å²) in [6.45, 7) is 18.9. The number of nitrogens with one attached hydrogen (secondary N) is 2. The van der Waals surface area contributed by atoms with Gasteiger partial charge in [-0.1, -0.05) is 27.7 Å². The van der Waals surface area contributed by atoms with E-state index in [1.807, 2.05) is 34.6 Å². The summed E-state index contributed by atoms with van der Waals surface area (Å²) in [6, 6.07) is -0.405. The molecule has 176 valence electrons. The Balaban J connectivity index is 0. The first kappa shape index (κ1) is 30.2. The molecule has 0 rings (SSSR count). The van der Waals surface area contributed by atoms with E-state index in [1.165, 1.54) is 0 Å². The predicted octanol–water partition coefficient (Wildman–Crippen LogP) is 0.298. The zero-order valence-electron chi connectivity index (χ0n) is 19.4. The van der Waals surface area contributed by atoms with Crippen molar-refractivity contribution in [3.63, 3.8) is 0 Å². The lowest BCUT2D eigenvalue weighted by atomic mass is 10.1. The van der Waals surface area contributed by atoms with Crippen LogP contribution in [0.15, 0.2) is 0 Å². The van der Waals surface area contributed by atoms with Gasteiger partial charge in [0, 0.05) is 18.6 Å². The minimum Gasteiger partial charge on any atom is -0.389 e. The van der Waals surface area contributed by atoms with E-state index in [0.717, 1.165) is 26.2 Å². The molecular formula is C19H45N5O5. The van der Waals surface area contributed by atoms with Crippen LogP contribution in [0.4, 0.5) is 4.79 Å². The van der Waals surface area contributed by atoms with Crippen molar-refractivity contribution in [2.75, 3.05) is 52.5 Å². The molecule has 0 aromatic rings. The summed E-state index contributed by atoms with van der Waals surface area (Å²) in [5, 5.41) is 21.6. The number of hydroxylamine groups is 1. The van der Waals surface area contributed by atoms with Gasteiger partial charge in [-0.3, -0.25) is 4.84 Å². The summed E-state index contributed by atoms with van der Waals surface area (Å²) in [5.41, 5.74) is 1.94. The summed E-state index contributed by atoms with van der Waals surface area (Å²) in [6.07, 6.45) is -1.08. The van der Waals surface area contributed by atoms with Crippen LogP contribution in [-0.4, -0.2) is 96.3 Å². The van der Waals surface area contributed by atoms with E-state index in [9.17, 15) is 15.0 Å². The maximum atomic E-state index is 11.3. The number of hydrogen-bond donors (Lipinski definition) is 5. The highest BCUT2D eigenvalue weighted by Crippen LogP contribution is 1.97. The maximum Gasteiger partial charge on any atom is 0.339 e. The number of likely N-dealkylation sites (N-methyl/N-ethyl adjacent to an activating group) is 2. The van der Waals surface area contributed by atoms with Gasteiger partial charge in [0.15, 0.2) is 0 Å². The van der Waals surface area contributed by atoms with Gasteiger partial charge in [0.2, 0.25) is 0 Å². The minimum absolute atomic E-state index is 0.0774. The second-order valence-corrected chi connectivity index (χ2v) is 7.73. The van der Waals surface area contributed by atoms with E-state index in [0.29, 0.717) is 13.1 Å². The molecule has 2 atom stereocenters. The Bertz CT molecular complexity index is 388. The fraction of sp³-hybridized carbons (Fsp3) is 0.947. The molecule has 0 aliphatic rings. The fourth-order valence-corrected chi connectivity index (χ4v) is 2.35. The number of nitrogens with zero attached hydrogens (tertiary/aromatic N) is 2. The molecule has 6 N–H and O–H groups in total. The summed E-state index contributed by atoms with van der Waals surface area (Å²) < 4.78 is 0. The van der Waals surface area contributed by atoms with Gasteiger partial charge >= 0.3 is 6.03 Å². The molecule has 10 nitrogen and oxygen atoms in total. The van der Waals surface area contributed by atoms with E-state index < -0.39 is 18.2 Å². The molecule has 0 aliphatic heterocycles. The summed E-state index contributed by atoms with van der Waals surface area (Å²) in [4.78, 5) is 24.8. The molecule has 0 saturated heterocycles. The third kappa shape index (κ3) is 20.1. The first-order valence-electron chi connectivity index (χ1n) is 10.3. The molecule has 0 fully saturated rings. The number of carbonyl (C=O) groups is 1. The molecular weight excluding hydrogens is 378 g/mol. The van der Waals surface area contributed by atoms with Crippen molar-refractivity contribution in [1.29, 1.82) is 0 Å². The van der Waals surface area contributed by atoms with Crippen LogP contribution in [0.1, 0.15) is 48.5 Å². The standard InChI is InChI=1S/C12H27N3O3.C7H18N2O2/c1-6-15(7-2)8-10(16)9-18-14-11(17)13-12(3,4)5;1-3-9(4-2)5-7(10)6-11-8/h10,16H,6-9H2,1-5H3,(H2,13,14,17);7,10H,3-6,8H2,1-2H3. The van der Waals surface area contributed by atoms with Gasteiger partial charge in [0.05, 0.1) is 18.8 Å². The average Bonchev–Trinajstić information content (AvgIpc) is 2.63. The molecule has 10 heteroatoms. The molecule has 0 aromatic heterocycles. The fourth-order valence-electron chi connectivity index (χ4n) is 2.35. The van der Waals surface area contributed by atoms with Crippen molar-refractivity contribution < 1.29 is 24.7 Å². The Hall–Kier alpha value is -1.01. The number of aliphatic hydroxyl groups is 2. The SMILES string of the molecule is CCN(CC)CC(O)CON.CCN(CC)CC(O)CONC(=O)NC(C)(C)C. The third-order valence-corrected chi connectivity index (χ3v) is 3.94. The summed E-state index contributed by atoms with van der Waals surface area (Å²) in [5.74, 6) is 4.81. The van der Waals surface area contributed by atoms with E-state index in [-0.39, 0.29) is 18.8 Å². The number of nitrogens with two attached hydrogens (primary N) is 1. The van der Waals surface area contributed by atoms with Gasteiger partial charge in [0.1, 0.15) is 6.61 Å². The highest BCUT2D eigenvalue weighted by atomic mass is 16.7. The Morgan fingerprint density at radius 1 is 0.931 bits per heavy atom. The smallest absolute Gasteiger partial charge is 0.339 e. The van der Waals surface area contributed by atoms with Gasteiger partial charge < -0.3 is 30.2 Å². The average molecular weight is 424 g/mol. The van der Waals surface area contributed by atoms with Gasteiger partial charge in [-0.2, -0.15) is 0 Å². The van der Waals surface area contributed by atoms with Crippen molar-refractivity contribution in [3.8, 4) is 0 Å². The highest BCUT2D eigenvalue weighted by Gasteiger charge is 2.14. The normalized spacial score (nSPS) is 13.7. The molecule has 29 heavy (non-hydrogen) atoms. The number of rotatable bonds is 13. The van der Waals surface area contributed by atoms with Crippen molar-refractivity contribution >= 4 is 6.03 Å². The van der Waals surface area contributed by atoms with Crippen LogP contribution >= 0.6 is 0 Å². The van der Waals surface area contributed by atoms with Crippen LogP contribution in [0.25, 0.3) is 0 Å². The second-order valence-electron chi connectivity index (χ2n) is 7.73. The van der Waals surface area contributed by atoms with Gasteiger partial charge in [0.25, 0.3) is 0 Å². The molecule has 0 aliphatic carbocycles. The molecule has 0 spiro atoms. The Morgan fingerprint density at radius 3 is 1.69 bits per heavy atom. The largest absolute Gasteiger partial charge is 0.389 e. The van der Waals surface area contributed by atoms with Crippen LogP contribution in [0.3, 0.4) is 0 Å². The summed E-state index contributed by atoms with van der Waals surface area (Å²) in [7, 11) is 0. The van der Waals surface area contributed by atoms with Gasteiger partial charge in [-0.15, -0.1) is 0 Å². The molecule has 0 radical (unpaired) electrons. The summed E-state index contributed by atoms with van der Waals surface area (Å²) >= 11 is 0. The molecule has 0 saturated carbocycles. The highest BCUT2D eigenvalue weighted by molar-refractivity contribution is 5.73. The predicted molar refractivity (Wildman–Crippen MR) is 115 cm³/mol. The van der Waals surface area contributed by atoms with Crippen LogP contribution in [0.5, 0.6) is 0 Å². The Labute approximate surface area is 176 Å². The zero-order valence-corrected chi connectivity index (χ0v) is 19.4. The van der Waals surface area contributed by atoms with Crippen LogP contribution in [-0.2, 0) is 9.68 Å². The number of urea groups is 1. The van der Waals surface area contributed by atoms with E-state index in [1.54, 1.807) is 0 Å². The van der Waals surface area contributed by atoms with E-state index in [4.69, 9.17) is 10.7 Å². The zero-order chi connectivity index (χ0) is 22.9. The third-order valence-electron chi connectivity index (χ3n) is 3.94. The first-order valence-corrected chi connectivity index (χ1v) is 10.3. The van der Waals surface area contributed by atoms with Crippen molar-refractivity contribution in [2.24, 2.45) is 5.90 Å². The lowest BCUT2D eigenvalue weighted by Crippen LogP contribution is -2.47.